The van der Waals surface area contributed by atoms with Crippen LogP contribution in [0.3, 0.4) is 0 Å². The first-order valence-corrected chi connectivity index (χ1v) is 9.94. The summed E-state index contributed by atoms with van der Waals surface area (Å²) in [6.07, 6.45) is 5.06. The highest BCUT2D eigenvalue weighted by molar-refractivity contribution is 7.88. The van der Waals surface area contributed by atoms with Crippen LogP contribution in [0.25, 0.3) is 0 Å². The number of amides is 2. The maximum absolute atomic E-state index is 11.9. The molecule has 0 saturated carbocycles. The van der Waals surface area contributed by atoms with Crippen molar-refractivity contribution in [2.24, 2.45) is 0 Å². The van der Waals surface area contributed by atoms with E-state index in [0.29, 0.717) is 38.5 Å². The summed E-state index contributed by atoms with van der Waals surface area (Å²) in [4.78, 5) is 14.3. The zero-order valence-corrected chi connectivity index (χ0v) is 14.4. The van der Waals surface area contributed by atoms with Gasteiger partial charge in [-0.3, -0.25) is 4.90 Å². The molecule has 2 heterocycles. The molecule has 128 valence electrons. The summed E-state index contributed by atoms with van der Waals surface area (Å²) < 4.78 is 24.4. The Balaban J connectivity index is 1.65. The number of piperidine rings is 1. The van der Waals surface area contributed by atoms with Crippen LogP contribution in [0.4, 0.5) is 4.79 Å². The Morgan fingerprint density at radius 1 is 1.18 bits per heavy atom. The zero-order valence-electron chi connectivity index (χ0n) is 13.5. The molecule has 0 aliphatic carbocycles. The molecule has 7 nitrogen and oxygen atoms in total. The lowest BCUT2D eigenvalue weighted by Crippen LogP contribution is -2.50. The van der Waals surface area contributed by atoms with E-state index in [1.54, 1.807) is 0 Å². The van der Waals surface area contributed by atoms with Crippen LogP contribution >= 0.6 is 0 Å². The Morgan fingerprint density at radius 2 is 1.77 bits per heavy atom. The standard InChI is InChI=1S/C14H28N4O3S/c1-12(17-7-3-4-8-17)11-15-14(19)16-13-5-9-18(10-6-13)22(2,20)21/h12-13H,3-11H2,1-2H3,(H2,15,16,19)/t12-/m0/s1. The second-order valence-electron chi connectivity index (χ2n) is 6.38. The SMILES string of the molecule is C[C@@H](CNC(=O)NC1CCN(S(C)(=O)=O)CC1)N1CCCC1. The van der Waals surface area contributed by atoms with Gasteiger partial charge in [-0.15, -0.1) is 0 Å². The number of hydrogen-bond acceptors (Lipinski definition) is 4. The van der Waals surface area contributed by atoms with Gasteiger partial charge in [-0.25, -0.2) is 17.5 Å². The normalized spacial score (nSPS) is 23.4. The lowest BCUT2D eigenvalue weighted by atomic mass is 10.1. The molecule has 8 heteroatoms. The highest BCUT2D eigenvalue weighted by Crippen LogP contribution is 2.13. The summed E-state index contributed by atoms with van der Waals surface area (Å²) in [5.74, 6) is 0. The van der Waals surface area contributed by atoms with Crippen LogP contribution in [0.15, 0.2) is 0 Å². The van der Waals surface area contributed by atoms with Gasteiger partial charge in [0.2, 0.25) is 10.0 Å². The number of rotatable bonds is 5. The molecule has 0 spiro atoms. The molecule has 22 heavy (non-hydrogen) atoms. The molecule has 2 saturated heterocycles. The minimum Gasteiger partial charge on any atom is -0.337 e. The van der Waals surface area contributed by atoms with Crippen molar-refractivity contribution >= 4 is 16.1 Å². The fourth-order valence-corrected chi connectivity index (χ4v) is 3.99. The molecule has 0 aromatic carbocycles. The van der Waals surface area contributed by atoms with Crippen LogP contribution in [-0.2, 0) is 10.0 Å². The third-order valence-corrected chi connectivity index (χ3v) is 5.88. The van der Waals surface area contributed by atoms with Gasteiger partial charge >= 0.3 is 6.03 Å². The topological polar surface area (TPSA) is 81.8 Å². The molecule has 2 rings (SSSR count). The van der Waals surface area contributed by atoms with E-state index in [9.17, 15) is 13.2 Å². The highest BCUT2D eigenvalue weighted by atomic mass is 32.2. The molecule has 2 fully saturated rings. The summed E-state index contributed by atoms with van der Waals surface area (Å²) in [6.45, 7) is 5.98. The lowest BCUT2D eigenvalue weighted by molar-refractivity contribution is 0.217. The van der Waals surface area contributed by atoms with E-state index in [1.165, 1.54) is 23.4 Å². The predicted octanol–water partition coefficient (Wildman–Crippen LogP) is 0.194. The van der Waals surface area contributed by atoms with Crippen molar-refractivity contribution < 1.29 is 13.2 Å². The van der Waals surface area contributed by atoms with Crippen molar-refractivity contribution in [1.29, 1.82) is 0 Å². The van der Waals surface area contributed by atoms with Gasteiger partial charge in [0.05, 0.1) is 6.26 Å². The first kappa shape index (κ1) is 17.5. The van der Waals surface area contributed by atoms with Gasteiger partial charge in [0, 0.05) is 31.7 Å². The molecular weight excluding hydrogens is 304 g/mol. The number of nitrogens with zero attached hydrogens (tertiary/aromatic N) is 2. The Kier molecular flexibility index (Phi) is 6.05. The largest absolute Gasteiger partial charge is 0.337 e. The van der Waals surface area contributed by atoms with E-state index in [1.807, 2.05) is 0 Å². The number of nitrogens with one attached hydrogen (secondary N) is 2. The van der Waals surface area contributed by atoms with Gasteiger partial charge in [0.15, 0.2) is 0 Å². The Labute approximate surface area is 133 Å². The molecule has 0 bridgehead atoms. The van der Waals surface area contributed by atoms with Gasteiger partial charge in [-0.05, 0) is 45.7 Å². The molecule has 1 atom stereocenters. The maximum atomic E-state index is 11.9. The van der Waals surface area contributed by atoms with Crippen LogP contribution in [0.5, 0.6) is 0 Å². The van der Waals surface area contributed by atoms with Crippen molar-refractivity contribution in [3.63, 3.8) is 0 Å². The second kappa shape index (κ2) is 7.61. The minimum atomic E-state index is -3.11. The van der Waals surface area contributed by atoms with Gasteiger partial charge in [0.1, 0.15) is 0 Å². The first-order valence-electron chi connectivity index (χ1n) is 8.10. The average molecular weight is 332 g/mol. The van der Waals surface area contributed by atoms with Gasteiger partial charge in [0.25, 0.3) is 0 Å². The Bertz CT molecular complexity index is 468. The maximum Gasteiger partial charge on any atom is 0.315 e. The van der Waals surface area contributed by atoms with Crippen molar-refractivity contribution in [2.45, 2.75) is 44.7 Å². The molecule has 2 aliphatic heterocycles. The number of sulfonamides is 1. The van der Waals surface area contributed by atoms with E-state index in [0.717, 1.165) is 13.1 Å². The van der Waals surface area contributed by atoms with E-state index in [2.05, 4.69) is 22.5 Å². The summed E-state index contributed by atoms with van der Waals surface area (Å²) in [5, 5.41) is 5.87. The van der Waals surface area contributed by atoms with Crippen molar-refractivity contribution in [2.75, 3.05) is 39.0 Å². The number of carbonyl (C=O) groups is 1. The number of likely N-dealkylation sites (tertiary alicyclic amines) is 1. The average Bonchev–Trinajstić information content (AvgIpc) is 2.98. The summed E-state index contributed by atoms with van der Waals surface area (Å²) >= 11 is 0. The van der Waals surface area contributed by atoms with E-state index in [4.69, 9.17) is 0 Å². The van der Waals surface area contributed by atoms with E-state index < -0.39 is 10.0 Å². The second-order valence-corrected chi connectivity index (χ2v) is 8.37. The summed E-state index contributed by atoms with van der Waals surface area (Å²) in [6, 6.07) is 0.268. The van der Waals surface area contributed by atoms with E-state index >= 15 is 0 Å². The van der Waals surface area contributed by atoms with Crippen molar-refractivity contribution in [1.82, 2.24) is 19.8 Å². The van der Waals surface area contributed by atoms with Crippen LogP contribution in [-0.4, -0.2) is 74.7 Å². The molecule has 2 aliphatic rings. The van der Waals surface area contributed by atoms with Crippen LogP contribution in [0, 0.1) is 0 Å². The molecule has 2 N–H and O–H groups in total. The molecule has 0 aromatic rings. The lowest BCUT2D eigenvalue weighted by Gasteiger charge is -2.31. The fourth-order valence-electron chi connectivity index (χ4n) is 3.12. The Morgan fingerprint density at radius 3 is 2.32 bits per heavy atom. The zero-order chi connectivity index (χ0) is 16.2. The number of hydrogen-bond donors (Lipinski definition) is 2. The molecular formula is C14H28N4O3S. The summed E-state index contributed by atoms with van der Waals surface area (Å²) in [5.41, 5.74) is 0. The Hall–Kier alpha value is -0.860. The van der Waals surface area contributed by atoms with Gasteiger partial charge in [-0.2, -0.15) is 0 Å². The molecule has 0 unspecified atom stereocenters. The van der Waals surface area contributed by atoms with Crippen LogP contribution in [0.1, 0.15) is 32.6 Å². The highest BCUT2D eigenvalue weighted by Gasteiger charge is 2.26. The smallest absolute Gasteiger partial charge is 0.315 e. The minimum absolute atomic E-state index is 0.0556. The third kappa shape index (κ3) is 5.10. The van der Waals surface area contributed by atoms with Gasteiger partial charge in [-0.1, -0.05) is 0 Å². The molecule has 2 amide bonds. The van der Waals surface area contributed by atoms with Crippen molar-refractivity contribution in [3.05, 3.63) is 0 Å². The third-order valence-electron chi connectivity index (χ3n) is 4.58. The first-order chi connectivity index (χ1) is 10.4. The fraction of sp³-hybridized carbons (Fsp3) is 0.929. The van der Waals surface area contributed by atoms with Crippen LogP contribution < -0.4 is 10.6 Å². The molecule has 0 radical (unpaired) electrons. The van der Waals surface area contributed by atoms with Gasteiger partial charge < -0.3 is 10.6 Å². The van der Waals surface area contributed by atoms with Crippen molar-refractivity contribution in [3.8, 4) is 0 Å². The summed E-state index contributed by atoms with van der Waals surface area (Å²) in [7, 11) is -3.11. The predicted molar refractivity (Wildman–Crippen MR) is 86.2 cm³/mol. The quantitative estimate of drug-likeness (QED) is 0.753. The number of urea groups is 1. The monoisotopic (exact) mass is 332 g/mol. The van der Waals surface area contributed by atoms with Crippen LogP contribution in [0.2, 0.25) is 0 Å². The van der Waals surface area contributed by atoms with E-state index in [-0.39, 0.29) is 12.1 Å². The molecule has 0 aromatic heterocycles. The number of carbonyl (C=O) groups excluding carboxylic acids is 1.